The normalized spacial score (nSPS) is 12.8. The number of carbonyl (C=O) groups is 2. The summed E-state index contributed by atoms with van der Waals surface area (Å²) in [5, 5.41) is 11.0. The van der Waals surface area contributed by atoms with Crippen molar-refractivity contribution in [1.29, 1.82) is 0 Å². The van der Waals surface area contributed by atoms with Gasteiger partial charge in [-0.15, -0.1) is 11.3 Å². The van der Waals surface area contributed by atoms with Crippen molar-refractivity contribution in [3.63, 3.8) is 0 Å². The molecule has 0 fully saturated rings. The van der Waals surface area contributed by atoms with Gasteiger partial charge >= 0.3 is 6.03 Å². The summed E-state index contributed by atoms with van der Waals surface area (Å²) in [6, 6.07) is 15.1. The SMILES string of the molecule is Cc1ccc(NC(=O)c2c(-n3c(C)cc(/C=N/NC(=O)Nc4ccc(Br)c(C)c4)c3C)sc3c2CCCC3)cc1. The van der Waals surface area contributed by atoms with E-state index in [1.54, 1.807) is 17.6 Å². The fourth-order valence-electron chi connectivity index (χ4n) is 5.05. The number of anilines is 2. The first-order valence-corrected chi connectivity index (χ1v) is 14.9. The predicted octanol–water partition coefficient (Wildman–Crippen LogP) is 7.82. The molecule has 2 aromatic carbocycles. The second kappa shape index (κ2) is 11.8. The summed E-state index contributed by atoms with van der Waals surface area (Å²) in [6.45, 7) is 8.03. The van der Waals surface area contributed by atoms with Crippen LogP contribution >= 0.6 is 27.3 Å². The molecule has 2 aromatic heterocycles. The van der Waals surface area contributed by atoms with Crippen molar-refractivity contribution in [3.05, 3.63) is 97.1 Å². The van der Waals surface area contributed by atoms with Crippen LogP contribution in [0.2, 0.25) is 0 Å². The van der Waals surface area contributed by atoms with E-state index in [2.05, 4.69) is 41.7 Å². The van der Waals surface area contributed by atoms with Crippen LogP contribution in [0.25, 0.3) is 5.00 Å². The number of carbonyl (C=O) groups excluding carboxylic acids is 2. The third kappa shape index (κ3) is 5.90. The largest absolute Gasteiger partial charge is 0.339 e. The van der Waals surface area contributed by atoms with Crippen LogP contribution in [0.15, 0.2) is 58.1 Å². The number of amides is 3. The van der Waals surface area contributed by atoms with E-state index in [0.717, 1.165) is 74.5 Å². The van der Waals surface area contributed by atoms with Crippen LogP contribution in [0.4, 0.5) is 16.2 Å². The van der Waals surface area contributed by atoms with Gasteiger partial charge in [0.15, 0.2) is 0 Å². The minimum Gasteiger partial charge on any atom is -0.322 e. The number of nitrogens with zero attached hydrogens (tertiary/aromatic N) is 2. The fourth-order valence-corrected chi connectivity index (χ4v) is 6.79. The fraction of sp³-hybridized carbons (Fsp3) is 0.258. The maximum atomic E-state index is 13.7. The Balaban J connectivity index is 1.39. The average molecular weight is 619 g/mol. The molecule has 2 heterocycles. The van der Waals surface area contributed by atoms with Crippen molar-refractivity contribution in [1.82, 2.24) is 9.99 Å². The van der Waals surface area contributed by atoms with Crippen LogP contribution in [-0.4, -0.2) is 22.7 Å². The monoisotopic (exact) mass is 617 g/mol. The number of halogens is 1. The second-order valence-corrected chi connectivity index (χ2v) is 12.1. The molecular formula is C31H32BrN5O2S. The number of hydrogen-bond donors (Lipinski definition) is 3. The van der Waals surface area contributed by atoms with E-state index in [1.807, 2.05) is 76.2 Å². The first-order chi connectivity index (χ1) is 19.2. The van der Waals surface area contributed by atoms with Gasteiger partial charge in [-0.2, -0.15) is 5.10 Å². The Bertz CT molecular complexity index is 1620. The molecule has 206 valence electrons. The molecule has 4 aromatic rings. The Kier molecular flexibility index (Phi) is 8.23. The molecule has 1 aliphatic carbocycles. The van der Waals surface area contributed by atoms with E-state index in [1.165, 1.54) is 10.4 Å². The molecule has 0 spiro atoms. The summed E-state index contributed by atoms with van der Waals surface area (Å²) >= 11 is 5.17. The lowest BCUT2D eigenvalue weighted by Crippen LogP contribution is -2.24. The standard InChI is InChI=1S/C31H32BrN5O2S/c1-18-9-11-23(12-10-18)34-29(38)28-25-7-5-6-8-27(25)40-30(28)37-20(3)16-22(21(37)4)17-33-36-31(39)35-24-13-14-26(32)19(2)15-24/h9-17H,5-8H2,1-4H3,(H,34,38)(H2,35,36,39)/b33-17+. The van der Waals surface area contributed by atoms with Crippen LogP contribution < -0.4 is 16.1 Å². The second-order valence-electron chi connectivity index (χ2n) is 10.2. The van der Waals surface area contributed by atoms with Gasteiger partial charge in [-0.3, -0.25) is 4.79 Å². The van der Waals surface area contributed by atoms with Crippen LogP contribution in [0.1, 0.15) is 61.7 Å². The van der Waals surface area contributed by atoms with E-state index in [4.69, 9.17) is 0 Å². The number of fused-ring (bicyclic) bond motifs is 1. The number of hydrazone groups is 1. The van der Waals surface area contributed by atoms with Gasteiger partial charge in [0.05, 0.1) is 11.8 Å². The van der Waals surface area contributed by atoms with E-state index in [-0.39, 0.29) is 5.91 Å². The van der Waals surface area contributed by atoms with Crippen LogP contribution in [0.5, 0.6) is 0 Å². The molecule has 1 aliphatic rings. The molecule has 9 heteroatoms. The van der Waals surface area contributed by atoms with Crippen molar-refractivity contribution in [2.75, 3.05) is 10.6 Å². The molecule has 0 aliphatic heterocycles. The Morgan fingerprint density at radius 2 is 1.68 bits per heavy atom. The number of benzene rings is 2. The number of aromatic nitrogens is 1. The van der Waals surface area contributed by atoms with Gasteiger partial charge in [0.2, 0.25) is 0 Å². The highest BCUT2D eigenvalue weighted by atomic mass is 79.9. The lowest BCUT2D eigenvalue weighted by Gasteiger charge is -2.14. The van der Waals surface area contributed by atoms with Crippen molar-refractivity contribution < 1.29 is 9.59 Å². The molecule has 0 radical (unpaired) electrons. The highest BCUT2D eigenvalue weighted by Crippen LogP contribution is 2.39. The smallest absolute Gasteiger partial charge is 0.322 e. The van der Waals surface area contributed by atoms with Gasteiger partial charge in [-0.1, -0.05) is 33.6 Å². The van der Waals surface area contributed by atoms with Crippen molar-refractivity contribution in [2.24, 2.45) is 5.10 Å². The molecule has 40 heavy (non-hydrogen) atoms. The maximum absolute atomic E-state index is 13.7. The quantitative estimate of drug-likeness (QED) is 0.152. The van der Waals surface area contributed by atoms with Gasteiger partial charge < -0.3 is 15.2 Å². The van der Waals surface area contributed by atoms with E-state index < -0.39 is 6.03 Å². The van der Waals surface area contributed by atoms with Crippen LogP contribution in [0.3, 0.4) is 0 Å². The van der Waals surface area contributed by atoms with E-state index in [9.17, 15) is 9.59 Å². The molecule has 3 N–H and O–H groups in total. The Morgan fingerprint density at radius 3 is 2.42 bits per heavy atom. The third-order valence-corrected chi connectivity index (χ3v) is 9.31. The van der Waals surface area contributed by atoms with Gasteiger partial charge in [-0.25, -0.2) is 10.2 Å². The Hall–Kier alpha value is -3.69. The molecule has 3 amide bonds. The van der Waals surface area contributed by atoms with Gasteiger partial charge in [-0.05, 0) is 101 Å². The van der Waals surface area contributed by atoms with E-state index in [0.29, 0.717) is 5.69 Å². The molecule has 0 saturated carbocycles. The van der Waals surface area contributed by atoms with Gasteiger partial charge in [0.25, 0.3) is 5.91 Å². The topological polar surface area (TPSA) is 87.5 Å². The summed E-state index contributed by atoms with van der Waals surface area (Å²) in [5.74, 6) is -0.0810. The number of aryl methyl sites for hydroxylation is 4. The minimum absolute atomic E-state index is 0.0810. The average Bonchev–Trinajstić information content (AvgIpc) is 3.43. The zero-order valence-corrected chi connectivity index (χ0v) is 25.4. The van der Waals surface area contributed by atoms with Crippen LogP contribution in [-0.2, 0) is 12.8 Å². The first kappa shape index (κ1) is 27.9. The summed E-state index contributed by atoms with van der Waals surface area (Å²) < 4.78 is 3.12. The molecule has 0 bridgehead atoms. The lowest BCUT2D eigenvalue weighted by atomic mass is 9.95. The number of hydrogen-bond acceptors (Lipinski definition) is 4. The summed E-state index contributed by atoms with van der Waals surface area (Å²) in [6.07, 6.45) is 5.78. The summed E-state index contributed by atoms with van der Waals surface area (Å²) in [7, 11) is 0. The Labute approximate surface area is 246 Å². The van der Waals surface area contributed by atoms with Crippen LogP contribution in [0, 0.1) is 27.7 Å². The highest BCUT2D eigenvalue weighted by Gasteiger charge is 2.28. The lowest BCUT2D eigenvalue weighted by molar-refractivity contribution is 0.102. The van der Waals surface area contributed by atoms with E-state index >= 15 is 0 Å². The zero-order chi connectivity index (χ0) is 28.4. The molecular weight excluding hydrogens is 586 g/mol. The number of rotatable bonds is 6. The predicted molar refractivity (Wildman–Crippen MR) is 168 cm³/mol. The summed E-state index contributed by atoms with van der Waals surface area (Å²) in [4.78, 5) is 27.4. The molecule has 0 atom stereocenters. The summed E-state index contributed by atoms with van der Waals surface area (Å²) in [5.41, 5.74) is 10.9. The highest BCUT2D eigenvalue weighted by molar-refractivity contribution is 9.10. The maximum Gasteiger partial charge on any atom is 0.339 e. The van der Waals surface area contributed by atoms with Crippen molar-refractivity contribution >= 4 is 56.8 Å². The zero-order valence-electron chi connectivity index (χ0n) is 23.0. The van der Waals surface area contributed by atoms with Gasteiger partial charge in [0.1, 0.15) is 5.00 Å². The molecule has 7 nitrogen and oxygen atoms in total. The molecule has 0 unspecified atom stereocenters. The number of urea groups is 1. The Morgan fingerprint density at radius 1 is 0.950 bits per heavy atom. The molecule has 5 rings (SSSR count). The first-order valence-electron chi connectivity index (χ1n) is 13.3. The third-order valence-electron chi connectivity index (χ3n) is 7.15. The number of nitrogens with one attached hydrogen (secondary N) is 3. The van der Waals surface area contributed by atoms with Gasteiger partial charge in [0, 0.05) is 37.7 Å². The molecule has 0 saturated heterocycles. The van der Waals surface area contributed by atoms with Crippen molar-refractivity contribution in [2.45, 2.75) is 53.4 Å². The minimum atomic E-state index is -0.423. The van der Waals surface area contributed by atoms with Crippen molar-refractivity contribution in [3.8, 4) is 5.00 Å². The number of thiophene rings is 1.